The Bertz CT molecular complexity index is 623. The topological polar surface area (TPSA) is 98.8 Å². The molecule has 0 unspecified atom stereocenters. The van der Waals surface area contributed by atoms with Crippen LogP contribution in [0, 0.1) is 11.3 Å². The minimum absolute atomic E-state index is 0.187. The fraction of sp³-hybridized carbons (Fsp3) is 0.154. The molecule has 6 nitrogen and oxygen atoms in total. The first-order valence-electron chi connectivity index (χ1n) is 5.65. The van der Waals surface area contributed by atoms with Gasteiger partial charge in [0.05, 0.1) is 11.6 Å². The number of rotatable bonds is 3. The highest BCUT2D eigenvalue weighted by molar-refractivity contribution is 5.92. The van der Waals surface area contributed by atoms with Gasteiger partial charge in [-0.25, -0.2) is 0 Å². The number of nitrogen functional groups attached to an aromatic ring is 1. The Balaban J connectivity index is 2.06. The Morgan fingerprint density at radius 2 is 2.16 bits per heavy atom. The lowest BCUT2D eigenvalue weighted by molar-refractivity contribution is 0.0779. The molecule has 0 saturated heterocycles. The van der Waals surface area contributed by atoms with Crippen molar-refractivity contribution in [3.05, 3.63) is 47.2 Å². The molecule has 2 rings (SSSR count). The number of H-pyrrole nitrogens is 1. The van der Waals surface area contributed by atoms with Crippen molar-refractivity contribution in [1.29, 1.82) is 5.26 Å². The Kier molecular flexibility index (Phi) is 3.48. The maximum absolute atomic E-state index is 12.0. The van der Waals surface area contributed by atoms with Crippen LogP contribution in [0.15, 0.2) is 30.3 Å². The van der Waals surface area contributed by atoms with Gasteiger partial charge in [-0.3, -0.25) is 9.89 Å². The monoisotopic (exact) mass is 255 g/mol. The zero-order valence-electron chi connectivity index (χ0n) is 10.4. The van der Waals surface area contributed by atoms with Gasteiger partial charge in [0.2, 0.25) is 0 Å². The highest BCUT2D eigenvalue weighted by Gasteiger charge is 2.14. The number of nitrogens with zero attached hydrogens (tertiary/aromatic N) is 3. The van der Waals surface area contributed by atoms with Gasteiger partial charge < -0.3 is 10.6 Å². The first kappa shape index (κ1) is 12.6. The van der Waals surface area contributed by atoms with Crippen molar-refractivity contribution in [1.82, 2.24) is 15.1 Å². The second kappa shape index (κ2) is 5.23. The van der Waals surface area contributed by atoms with E-state index in [-0.39, 0.29) is 11.7 Å². The number of hydrogen-bond donors (Lipinski definition) is 2. The van der Waals surface area contributed by atoms with Crippen molar-refractivity contribution < 1.29 is 4.79 Å². The van der Waals surface area contributed by atoms with Crippen LogP contribution in [-0.4, -0.2) is 28.1 Å². The Hall–Kier alpha value is -2.81. The number of benzene rings is 1. The number of anilines is 1. The van der Waals surface area contributed by atoms with Gasteiger partial charge in [0.15, 0.2) is 0 Å². The summed E-state index contributed by atoms with van der Waals surface area (Å²) in [6.45, 7) is 0.448. The van der Waals surface area contributed by atoms with Crippen LogP contribution in [0.1, 0.15) is 21.6 Å². The molecule has 0 spiro atoms. The van der Waals surface area contributed by atoms with E-state index in [1.165, 1.54) is 6.07 Å². The summed E-state index contributed by atoms with van der Waals surface area (Å²) in [5.74, 6) is 0.101. The molecule has 0 aliphatic rings. The van der Waals surface area contributed by atoms with Gasteiger partial charge in [0, 0.05) is 19.7 Å². The van der Waals surface area contributed by atoms with Gasteiger partial charge in [-0.15, -0.1) is 0 Å². The lowest BCUT2D eigenvalue weighted by Crippen LogP contribution is -2.26. The van der Waals surface area contributed by atoms with Crippen LogP contribution >= 0.6 is 0 Å². The third-order valence-corrected chi connectivity index (χ3v) is 2.68. The molecular weight excluding hydrogens is 242 g/mol. The first-order valence-corrected chi connectivity index (χ1v) is 5.65. The molecule has 0 saturated carbocycles. The molecule has 0 radical (unpaired) electrons. The van der Waals surface area contributed by atoms with Crippen molar-refractivity contribution >= 4 is 11.7 Å². The first-order chi connectivity index (χ1) is 9.10. The van der Waals surface area contributed by atoms with E-state index in [0.29, 0.717) is 17.8 Å². The Morgan fingerprint density at radius 3 is 2.68 bits per heavy atom. The van der Waals surface area contributed by atoms with E-state index in [0.717, 1.165) is 5.56 Å². The zero-order chi connectivity index (χ0) is 13.8. The summed E-state index contributed by atoms with van der Waals surface area (Å²) in [6, 6.07) is 10.6. The van der Waals surface area contributed by atoms with Gasteiger partial charge in [-0.05, 0) is 17.7 Å². The highest BCUT2D eigenvalue weighted by atomic mass is 16.2. The standard InChI is InChI=1S/C13H13N5O/c1-18(13(19)11-6-12(15)17-16-11)8-10-4-2-9(7-14)3-5-10/h2-6H,8H2,1H3,(H3,15,16,17). The van der Waals surface area contributed by atoms with E-state index < -0.39 is 0 Å². The molecule has 1 amide bonds. The molecule has 0 bridgehead atoms. The molecule has 1 heterocycles. The molecule has 96 valence electrons. The Morgan fingerprint density at radius 1 is 1.47 bits per heavy atom. The van der Waals surface area contributed by atoms with Gasteiger partial charge in [0.25, 0.3) is 5.91 Å². The molecule has 3 N–H and O–H groups in total. The predicted octanol–water partition coefficient (Wildman–Crippen LogP) is 1.14. The number of nitrogens with one attached hydrogen (secondary N) is 1. The molecule has 0 aliphatic heterocycles. The Labute approximate surface area is 110 Å². The summed E-state index contributed by atoms with van der Waals surface area (Å²) in [7, 11) is 1.69. The molecule has 0 atom stereocenters. The number of nitrogens with two attached hydrogens (primary N) is 1. The number of nitriles is 1. The fourth-order valence-electron chi connectivity index (χ4n) is 1.68. The molecule has 6 heteroatoms. The maximum atomic E-state index is 12.0. The number of aromatic amines is 1. The second-order valence-electron chi connectivity index (χ2n) is 4.18. The average Bonchev–Trinajstić information content (AvgIpc) is 2.85. The van der Waals surface area contributed by atoms with Crippen molar-refractivity contribution in [2.75, 3.05) is 12.8 Å². The number of carbonyl (C=O) groups is 1. The normalized spacial score (nSPS) is 9.89. The number of hydrogen-bond acceptors (Lipinski definition) is 4. The van der Waals surface area contributed by atoms with E-state index in [9.17, 15) is 4.79 Å². The highest BCUT2D eigenvalue weighted by Crippen LogP contribution is 2.09. The van der Waals surface area contributed by atoms with Crippen molar-refractivity contribution in [3.8, 4) is 6.07 Å². The van der Waals surface area contributed by atoms with Gasteiger partial charge in [-0.2, -0.15) is 10.4 Å². The molecule has 0 fully saturated rings. The second-order valence-corrected chi connectivity index (χ2v) is 4.18. The van der Waals surface area contributed by atoms with E-state index in [1.807, 2.05) is 12.1 Å². The lowest BCUT2D eigenvalue weighted by Gasteiger charge is -2.16. The van der Waals surface area contributed by atoms with Crippen LogP contribution < -0.4 is 5.73 Å². The smallest absolute Gasteiger partial charge is 0.271 e. The zero-order valence-corrected chi connectivity index (χ0v) is 10.4. The molecule has 1 aromatic heterocycles. The summed E-state index contributed by atoms with van der Waals surface area (Å²) in [5.41, 5.74) is 7.36. The number of amides is 1. The molecular formula is C13H13N5O. The van der Waals surface area contributed by atoms with Gasteiger partial charge >= 0.3 is 0 Å². The van der Waals surface area contributed by atoms with Crippen LogP contribution in [0.2, 0.25) is 0 Å². The quantitative estimate of drug-likeness (QED) is 0.858. The minimum Gasteiger partial charge on any atom is -0.382 e. The summed E-state index contributed by atoms with van der Waals surface area (Å²) in [5, 5.41) is 15.0. The SMILES string of the molecule is CN(Cc1ccc(C#N)cc1)C(=O)c1cc(N)n[nH]1. The minimum atomic E-state index is -0.187. The predicted molar refractivity (Wildman–Crippen MR) is 70.0 cm³/mol. The van der Waals surface area contributed by atoms with Crippen LogP contribution in [0.3, 0.4) is 0 Å². The summed E-state index contributed by atoms with van der Waals surface area (Å²) < 4.78 is 0. The molecule has 2 aromatic rings. The van der Waals surface area contributed by atoms with Crippen LogP contribution in [-0.2, 0) is 6.54 Å². The van der Waals surface area contributed by atoms with Crippen molar-refractivity contribution in [2.24, 2.45) is 0 Å². The van der Waals surface area contributed by atoms with Crippen LogP contribution in [0.4, 0.5) is 5.82 Å². The third-order valence-electron chi connectivity index (χ3n) is 2.68. The maximum Gasteiger partial charge on any atom is 0.271 e. The number of carbonyl (C=O) groups excluding carboxylic acids is 1. The third kappa shape index (κ3) is 2.90. The van der Waals surface area contributed by atoms with Crippen LogP contribution in [0.25, 0.3) is 0 Å². The molecule has 1 aromatic carbocycles. The van der Waals surface area contributed by atoms with Crippen molar-refractivity contribution in [2.45, 2.75) is 6.54 Å². The van der Waals surface area contributed by atoms with Crippen LogP contribution in [0.5, 0.6) is 0 Å². The van der Waals surface area contributed by atoms with Crippen molar-refractivity contribution in [3.63, 3.8) is 0 Å². The van der Waals surface area contributed by atoms with E-state index in [1.54, 1.807) is 24.1 Å². The molecule has 0 aliphatic carbocycles. The van der Waals surface area contributed by atoms with Gasteiger partial charge in [-0.1, -0.05) is 12.1 Å². The average molecular weight is 255 g/mol. The summed E-state index contributed by atoms with van der Waals surface area (Å²) in [6.07, 6.45) is 0. The summed E-state index contributed by atoms with van der Waals surface area (Å²) in [4.78, 5) is 13.6. The fourth-order valence-corrected chi connectivity index (χ4v) is 1.68. The number of aromatic nitrogens is 2. The largest absolute Gasteiger partial charge is 0.382 e. The van der Waals surface area contributed by atoms with Gasteiger partial charge in [0.1, 0.15) is 11.5 Å². The lowest BCUT2D eigenvalue weighted by atomic mass is 10.1. The van der Waals surface area contributed by atoms with E-state index >= 15 is 0 Å². The summed E-state index contributed by atoms with van der Waals surface area (Å²) >= 11 is 0. The van der Waals surface area contributed by atoms with E-state index in [4.69, 9.17) is 11.0 Å². The van der Waals surface area contributed by atoms with E-state index in [2.05, 4.69) is 16.3 Å². The molecule has 19 heavy (non-hydrogen) atoms.